The highest BCUT2D eigenvalue weighted by Crippen LogP contribution is 2.67. The van der Waals surface area contributed by atoms with Gasteiger partial charge in [-0.15, -0.1) is 0 Å². The lowest BCUT2D eigenvalue weighted by Crippen LogP contribution is -2.69. The van der Waals surface area contributed by atoms with Gasteiger partial charge in [0, 0.05) is 23.0 Å². The van der Waals surface area contributed by atoms with Gasteiger partial charge in [-0.1, -0.05) is 27.7 Å². The molecule has 7 unspecified atom stereocenters. The number of nitrogens with zero attached hydrogens (tertiary/aromatic N) is 1. The smallest absolute Gasteiger partial charge is 0.328 e. The van der Waals surface area contributed by atoms with E-state index in [1.807, 2.05) is 13.8 Å². The van der Waals surface area contributed by atoms with E-state index >= 15 is 0 Å². The van der Waals surface area contributed by atoms with Crippen LogP contribution >= 0.6 is 0 Å². The molecule has 9 nitrogen and oxygen atoms in total. The van der Waals surface area contributed by atoms with Crippen LogP contribution in [0.2, 0.25) is 0 Å². The van der Waals surface area contributed by atoms with Gasteiger partial charge in [0.05, 0.1) is 30.9 Å². The summed E-state index contributed by atoms with van der Waals surface area (Å²) in [6, 6.07) is -0.0133. The van der Waals surface area contributed by atoms with Gasteiger partial charge in [0.15, 0.2) is 6.04 Å². The maximum Gasteiger partial charge on any atom is 0.328 e. The first-order valence-corrected chi connectivity index (χ1v) is 12.4. The Morgan fingerprint density at radius 2 is 1.91 bits per heavy atom. The lowest BCUT2D eigenvalue weighted by molar-refractivity contribution is -0.240. The second-order valence-electron chi connectivity index (χ2n) is 11.9. The van der Waals surface area contributed by atoms with Crippen LogP contribution in [-0.4, -0.2) is 72.8 Å². The highest BCUT2D eigenvalue weighted by molar-refractivity contribution is 6.02. The molecule has 2 aliphatic carbocycles. The maximum absolute atomic E-state index is 13.1. The number of hydrogen-bond acceptors (Lipinski definition) is 7. The molecular weight excluding hydrogens is 454 g/mol. The minimum absolute atomic E-state index is 0.0360. The number of aliphatic hydroxyl groups excluding tert-OH is 3. The topological polar surface area (TPSA) is 148 Å². The molecule has 1 spiro atoms. The van der Waals surface area contributed by atoms with Crippen molar-refractivity contribution in [3.63, 3.8) is 0 Å². The van der Waals surface area contributed by atoms with Gasteiger partial charge in [0.1, 0.15) is 17.1 Å². The van der Waals surface area contributed by atoms with Gasteiger partial charge >= 0.3 is 5.97 Å². The molecule has 1 amide bonds. The van der Waals surface area contributed by atoms with Crippen LogP contribution in [0.1, 0.15) is 68.4 Å². The number of aliphatic carboxylic acids is 1. The lowest BCUT2D eigenvalue weighted by Gasteiger charge is -2.64. The van der Waals surface area contributed by atoms with Gasteiger partial charge in [-0.2, -0.15) is 0 Å². The number of rotatable bonds is 3. The monoisotopic (exact) mass is 489 g/mol. The molecule has 2 saturated carbocycles. The van der Waals surface area contributed by atoms with E-state index in [-0.39, 0.29) is 29.7 Å². The standard InChI is InChI=1S/C26H35NO8/c1-12-5-6-19-24(2,3)21(31)18(30)9-25(19,4)26(12)8-14-17(29)7-13-15(20(14)35-26)10-27(22(13)32)16(11-28)23(33)34/h7,12,16,18-19,21,28-31H,5-6,8-11H2,1-4H3,(H,33,34). The summed E-state index contributed by atoms with van der Waals surface area (Å²) >= 11 is 0. The fourth-order valence-electron chi connectivity index (χ4n) is 7.99. The zero-order chi connectivity index (χ0) is 25.7. The molecule has 2 fully saturated rings. The number of fused-ring (bicyclic) bond motifs is 5. The molecule has 192 valence electrons. The SMILES string of the molecule is CC1CCC2C(C)(C)C(O)C(O)CC2(C)C12Cc1c(O)cc3c(c1O2)CN(C(CO)C(=O)O)C3=O. The van der Waals surface area contributed by atoms with Crippen molar-refractivity contribution < 1.29 is 39.9 Å². The summed E-state index contributed by atoms with van der Waals surface area (Å²) in [4.78, 5) is 25.8. The molecule has 0 radical (unpaired) electrons. The molecular formula is C26H35NO8. The molecule has 1 aromatic rings. The molecule has 9 heteroatoms. The molecule has 4 aliphatic rings. The van der Waals surface area contributed by atoms with E-state index in [9.17, 15) is 35.1 Å². The number of ether oxygens (including phenoxy) is 1. The van der Waals surface area contributed by atoms with Crippen LogP contribution in [0.25, 0.3) is 0 Å². The van der Waals surface area contributed by atoms with Gasteiger partial charge in [0.2, 0.25) is 0 Å². The van der Waals surface area contributed by atoms with Crippen molar-refractivity contribution in [1.29, 1.82) is 0 Å². The molecule has 1 aromatic carbocycles. The fraction of sp³-hybridized carbons (Fsp3) is 0.692. The summed E-state index contributed by atoms with van der Waals surface area (Å²) in [6.45, 7) is 7.43. The second kappa shape index (κ2) is 7.57. The van der Waals surface area contributed by atoms with E-state index in [0.717, 1.165) is 17.7 Å². The normalized spacial score (nSPS) is 38.0. The molecule has 0 saturated heterocycles. The Hall–Kier alpha value is -2.36. The number of carboxylic acid groups (broad SMARTS) is 1. The number of carboxylic acids is 1. The first-order chi connectivity index (χ1) is 16.3. The molecule has 0 aromatic heterocycles. The summed E-state index contributed by atoms with van der Waals surface area (Å²) in [7, 11) is 0. The summed E-state index contributed by atoms with van der Waals surface area (Å²) < 4.78 is 6.85. The van der Waals surface area contributed by atoms with Gasteiger partial charge in [0.25, 0.3) is 5.91 Å². The number of benzene rings is 1. The van der Waals surface area contributed by atoms with Crippen LogP contribution in [0.4, 0.5) is 0 Å². The molecule has 0 bridgehead atoms. The number of phenolic OH excluding ortho intramolecular Hbond substituents is 1. The van der Waals surface area contributed by atoms with Crippen LogP contribution in [0, 0.1) is 22.7 Å². The minimum atomic E-state index is -1.39. The highest BCUT2D eigenvalue weighted by atomic mass is 16.5. The van der Waals surface area contributed by atoms with Crippen LogP contribution in [0.5, 0.6) is 11.5 Å². The molecule has 5 N–H and O–H groups in total. The number of aliphatic hydroxyl groups is 3. The van der Waals surface area contributed by atoms with Crippen LogP contribution in [0.3, 0.4) is 0 Å². The van der Waals surface area contributed by atoms with Crippen molar-refractivity contribution in [2.24, 2.45) is 22.7 Å². The Bertz CT molecular complexity index is 1100. The zero-order valence-corrected chi connectivity index (χ0v) is 20.6. The summed E-state index contributed by atoms with van der Waals surface area (Å²) in [5.41, 5.74) is -0.563. The van der Waals surface area contributed by atoms with E-state index in [1.54, 1.807) is 0 Å². The van der Waals surface area contributed by atoms with Crippen LogP contribution < -0.4 is 4.74 Å². The first kappa shape index (κ1) is 24.3. The summed E-state index contributed by atoms with van der Waals surface area (Å²) in [5, 5.41) is 51.8. The van der Waals surface area contributed by atoms with Gasteiger partial charge in [-0.25, -0.2) is 4.79 Å². The third-order valence-corrected chi connectivity index (χ3v) is 9.92. The third-order valence-electron chi connectivity index (χ3n) is 9.92. The predicted octanol–water partition coefficient (Wildman–Crippen LogP) is 1.67. The second-order valence-corrected chi connectivity index (χ2v) is 11.9. The molecule has 2 heterocycles. The Labute approximate surface area is 204 Å². The fourth-order valence-corrected chi connectivity index (χ4v) is 7.99. The van der Waals surface area contributed by atoms with Crippen LogP contribution in [0.15, 0.2) is 6.07 Å². The Morgan fingerprint density at radius 1 is 1.23 bits per heavy atom. The zero-order valence-electron chi connectivity index (χ0n) is 20.6. The quantitative estimate of drug-likeness (QED) is 0.431. The van der Waals surface area contributed by atoms with E-state index in [4.69, 9.17) is 4.74 Å². The average Bonchev–Trinajstić information content (AvgIpc) is 3.33. The molecule has 2 aliphatic heterocycles. The highest BCUT2D eigenvalue weighted by Gasteiger charge is 2.69. The average molecular weight is 490 g/mol. The van der Waals surface area contributed by atoms with E-state index in [0.29, 0.717) is 29.7 Å². The van der Waals surface area contributed by atoms with Gasteiger partial charge in [-0.05, 0) is 42.6 Å². The van der Waals surface area contributed by atoms with Crippen LogP contribution in [-0.2, 0) is 17.8 Å². The minimum Gasteiger partial charge on any atom is -0.508 e. The van der Waals surface area contributed by atoms with E-state index in [2.05, 4.69) is 13.8 Å². The van der Waals surface area contributed by atoms with Crippen molar-refractivity contribution in [2.75, 3.05) is 6.61 Å². The first-order valence-electron chi connectivity index (χ1n) is 12.4. The number of phenols is 1. The van der Waals surface area contributed by atoms with Gasteiger partial charge < -0.3 is 35.2 Å². The van der Waals surface area contributed by atoms with Crippen molar-refractivity contribution in [2.45, 2.75) is 83.8 Å². The largest absolute Gasteiger partial charge is 0.508 e. The van der Waals surface area contributed by atoms with E-state index < -0.39 is 53.2 Å². The molecule has 5 rings (SSSR count). The third kappa shape index (κ3) is 2.98. The molecule has 35 heavy (non-hydrogen) atoms. The number of carbonyl (C=O) groups is 2. The summed E-state index contributed by atoms with van der Waals surface area (Å²) in [5.74, 6) is -1.41. The van der Waals surface area contributed by atoms with Crippen molar-refractivity contribution in [1.82, 2.24) is 4.90 Å². The number of hydrogen-bond donors (Lipinski definition) is 5. The Kier molecular flexibility index (Phi) is 5.26. The number of carbonyl (C=O) groups excluding carboxylic acids is 1. The van der Waals surface area contributed by atoms with Crippen molar-refractivity contribution >= 4 is 11.9 Å². The lowest BCUT2D eigenvalue weighted by atomic mass is 9.43. The predicted molar refractivity (Wildman–Crippen MR) is 124 cm³/mol. The van der Waals surface area contributed by atoms with Gasteiger partial charge in [-0.3, -0.25) is 4.79 Å². The Balaban J connectivity index is 1.61. The summed E-state index contributed by atoms with van der Waals surface area (Å²) in [6.07, 6.45) is 0.692. The Morgan fingerprint density at radius 3 is 2.54 bits per heavy atom. The van der Waals surface area contributed by atoms with Crippen molar-refractivity contribution in [3.8, 4) is 11.5 Å². The van der Waals surface area contributed by atoms with E-state index in [1.165, 1.54) is 6.07 Å². The maximum atomic E-state index is 13.1. The number of amides is 1. The molecule has 7 atom stereocenters. The number of aromatic hydroxyl groups is 1. The van der Waals surface area contributed by atoms with Crippen molar-refractivity contribution in [3.05, 3.63) is 22.8 Å².